The Hall–Kier alpha value is -1.82. The molecule has 0 aliphatic heterocycles. The minimum atomic E-state index is -0.678. The van der Waals surface area contributed by atoms with Gasteiger partial charge in [-0.1, -0.05) is 40.6 Å². The van der Waals surface area contributed by atoms with Crippen LogP contribution in [0.15, 0.2) is 45.6 Å². The van der Waals surface area contributed by atoms with Crippen molar-refractivity contribution in [3.63, 3.8) is 0 Å². The number of ether oxygens (including phenoxy) is 1. The van der Waals surface area contributed by atoms with Gasteiger partial charge in [-0.15, -0.1) is 0 Å². The molecule has 0 saturated carbocycles. The second-order valence-electron chi connectivity index (χ2n) is 4.05. The minimum Gasteiger partial charge on any atom is -0.423 e. The predicted octanol–water partition coefficient (Wildman–Crippen LogP) is 4.38. The Morgan fingerprint density at radius 1 is 1.14 bits per heavy atom. The third-order valence-electron chi connectivity index (χ3n) is 2.68. The van der Waals surface area contributed by atoms with E-state index in [2.05, 4.69) is 0 Å². The molecule has 7 heteroatoms. The van der Waals surface area contributed by atoms with Gasteiger partial charge in [-0.3, -0.25) is 0 Å². The molecule has 0 atom stereocenters. The van der Waals surface area contributed by atoms with Crippen LogP contribution in [0.2, 0.25) is 10.0 Å². The number of esters is 1. The van der Waals surface area contributed by atoms with Gasteiger partial charge in [-0.25, -0.2) is 9.59 Å². The molecule has 0 bridgehead atoms. The van der Waals surface area contributed by atoms with E-state index in [0.717, 1.165) is 11.3 Å². The number of rotatable bonds is 2. The van der Waals surface area contributed by atoms with Crippen molar-refractivity contribution >= 4 is 50.8 Å². The number of hydrogen-bond acceptors (Lipinski definition) is 5. The lowest BCUT2D eigenvalue weighted by Gasteiger charge is -2.07. The molecular weight excluding hydrogens is 335 g/mol. The SMILES string of the molecule is O=C(Oc1ccc2sc(=O)oc2c1)c1c(Cl)cccc1Cl. The van der Waals surface area contributed by atoms with Crippen LogP contribution in [0.4, 0.5) is 0 Å². The summed E-state index contributed by atoms with van der Waals surface area (Å²) in [6.45, 7) is 0. The fourth-order valence-corrected chi connectivity index (χ4v) is 2.97. The van der Waals surface area contributed by atoms with Crippen molar-refractivity contribution in [3.8, 4) is 5.75 Å². The maximum atomic E-state index is 12.1. The third kappa shape index (κ3) is 2.81. The molecular formula is C14H6Cl2O4S. The average molecular weight is 341 g/mol. The molecule has 0 aliphatic rings. The first-order valence-electron chi connectivity index (χ1n) is 5.74. The molecule has 4 nitrogen and oxygen atoms in total. The van der Waals surface area contributed by atoms with Crippen molar-refractivity contribution in [2.45, 2.75) is 0 Å². The Bertz CT molecular complexity index is 877. The van der Waals surface area contributed by atoms with E-state index < -0.39 is 10.9 Å². The summed E-state index contributed by atoms with van der Waals surface area (Å²) in [7, 11) is 0. The van der Waals surface area contributed by atoms with Crippen LogP contribution in [-0.2, 0) is 0 Å². The fourth-order valence-electron chi connectivity index (χ4n) is 1.77. The van der Waals surface area contributed by atoms with Crippen LogP contribution in [0.5, 0.6) is 5.75 Å². The Balaban J connectivity index is 1.94. The van der Waals surface area contributed by atoms with Crippen molar-refractivity contribution in [3.05, 3.63) is 61.7 Å². The van der Waals surface area contributed by atoms with Gasteiger partial charge in [0.05, 0.1) is 20.3 Å². The van der Waals surface area contributed by atoms with Gasteiger partial charge in [0.2, 0.25) is 0 Å². The lowest BCUT2D eigenvalue weighted by Crippen LogP contribution is -2.09. The summed E-state index contributed by atoms with van der Waals surface area (Å²) in [5, 5.41) is 0.409. The molecule has 1 aromatic heterocycles. The molecule has 0 N–H and O–H groups in total. The first-order chi connectivity index (χ1) is 10.0. The largest absolute Gasteiger partial charge is 0.423 e. The van der Waals surface area contributed by atoms with E-state index in [4.69, 9.17) is 32.4 Å². The molecule has 21 heavy (non-hydrogen) atoms. The molecule has 2 aromatic carbocycles. The zero-order valence-corrected chi connectivity index (χ0v) is 12.6. The Labute approximate surface area is 132 Å². The minimum absolute atomic E-state index is 0.0905. The van der Waals surface area contributed by atoms with Gasteiger partial charge in [-0.2, -0.15) is 0 Å². The number of carbonyl (C=O) groups is 1. The Morgan fingerprint density at radius 2 is 1.86 bits per heavy atom. The molecule has 0 radical (unpaired) electrons. The van der Waals surface area contributed by atoms with Crippen LogP contribution in [0.3, 0.4) is 0 Å². The second kappa shape index (κ2) is 5.52. The third-order valence-corrected chi connectivity index (χ3v) is 4.12. The van der Waals surface area contributed by atoms with Crippen LogP contribution >= 0.6 is 34.5 Å². The van der Waals surface area contributed by atoms with Crippen molar-refractivity contribution in [2.24, 2.45) is 0 Å². The summed E-state index contributed by atoms with van der Waals surface area (Å²) in [5.41, 5.74) is 0.452. The zero-order chi connectivity index (χ0) is 15.0. The van der Waals surface area contributed by atoms with E-state index in [1.165, 1.54) is 6.07 Å². The van der Waals surface area contributed by atoms with Gasteiger partial charge in [-0.05, 0) is 24.3 Å². The number of benzene rings is 2. The second-order valence-corrected chi connectivity index (χ2v) is 5.84. The van der Waals surface area contributed by atoms with Gasteiger partial charge in [0.25, 0.3) is 0 Å². The molecule has 0 spiro atoms. The summed E-state index contributed by atoms with van der Waals surface area (Å²) in [5.74, 6) is -0.437. The number of hydrogen-bond donors (Lipinski definition) is 0. The fraction of sp³-hybridized carbons (Fsp3) is 0. The topological polar surface area (TPSA) is 56.5 Å². The molecule has 0 saturated heterocycles. The first kappa shape index (κ1) is 14.1. The maximum Gasteiger partial charge on any atom is 0.396 e. The van der Waals surface area contributed by atoms with E-state index in [1.807, 2.05) is 0 Å². The summed E-state index contributed by atoms with van der Waals surface area (Å²) >= 11 is 12.9. The standard InChI is InChI=1S/C14H6Cl2O4S/c15-8-2-1-3-9(16)12(8)13(17)19-7-4-5-11-10(6-7)20-14(18)21-11/h1-6H. The van der Waals surface area contributed by atoms with Crippen molar-refractivity contribution in [1.82, 2.24) is 0 Å². The lowest BCUT2D eigenvalue weighted by atomic mass is 10.2. The van der Waals surface area contributed by atoms with Crippen LogP contribution < -0.4 is 9.68 Å². The number of carbonyl (C=O) groups excluding carboxylic acids is 1. The van der Waals surface area contributed by atoms with Gasteiger partial charge in [0.1, 0.15) is 5.75 Å². The van der Waals surface area contributed by atoms with E-state index in [0.29, 0.717) is 10.3 Å². The zero-order valence-electron chi connectivity index (χ0n) is 10.3. The maximum absolute atomic E-state index is 12.1. The smallest absolute Gasteiger partial charge is 0.396 e. The quantitative estimate of drug-likeness (QED) is 0.513. The summed E-state index contributed by atoms with van der Waals surface area (Å²) in [6.07, 6.45) is 0. The van der Waals surface area contributed by atoms with Crippen molar-refractivity contribution in [1.29, 1.82) is 0 Å². The highest BCUT2D eigenvalue weighted by Gasteiger charge is 2.17. The van der Waals surface area contributed by atoms with E-state index >= 15 is 0 Å². The van der Waals surface area contributed by atoms with Crippen molar-refractivity contribution < 1.29 is 13.9 Å². The van der Waals surface area contributed by atoms with E-state index in [1.54, 1.807) is 30.3 Å². The van der Waals surface area contributed by atoms with Crippen molar-refractivity contribution in [2.75, 3.05) is 0 Å². The highest BCUT2D eigenvalue weighted by molar-refractivity contribution is 7.16. The molecule has 0 unspecified atom stereocenters. The van der Waals surface area contributed by atoms with Gasteiger partial charge in [0.15, 0.2) is 5.58 Å². The summed E-state index contributed by atoms with van der Waals surface area (Å²) < 4.78 is 10.9. The average Bonchev–Trinajstić information content (AvgIpc) is 2.77. The van der Waals surface area contributed by atoms with Crippen LogP contribution in [0.1, 0.15) is 10.4 Å². The Morgan fingerprint density at radius 3 is 2.57 bits per heavy atom. The first-order valence-corrected chi connectivity index (χ1v) is 7.32. The van der Waals surface area contributed by atoms with Crippen LogP contribution in [0.25, 0.3) is 10.3 Å². The number of fused-ring (bicyclic) bond motifs is 1. The Kier molecular flexibility index (Phi) is 3.71. The van der Waals surface area contributed by atoms with E-state index in [-0.39, 0.29) is 21.4 Å². The van der Waals surface area contributed by atoms with Gasteiger partial charge in [0, 0.05) is 6.07 Å². The van der Waals surface area contributed by atoms with Gasteiger partial charge < -0.3 is 9.15 Å². The van der Waals surface area contributed by atoms with E-state index in [9.17, 15) is 9.59 Å². The summed E-state index contributed by atoms with van der Waals surface area (Å²) in [6, 6.07) is 9.40. The highest BCUT2D eigenvalue weighted by atomic mass is 35.5. The van der Waals surface area contributed by atoms with Crippen LogP contribution in [0, 0.1) is 0 Å². The molecule has 3 aromatic rings. The molecule has 0 fully saturated rings. The number of halogens is 2. The predicted molar refractivity (Wildman–Crippen MR) is 81.8 cm³/mol. The molecule has 0 aliphatic carbocycles. The lowest BCUT2D eigenvalue weighted by molar-refractivity contribution is 0.0735. The molecule has 0 amide bonds. The van der Waals surface area contributed by atoms with Gasteiger partial charge >= 0.3 is 10.9 Å². The molecule has 106 valence electrons. The summed E-state index contributed by atoms with van der Waals surface area (Å²) in [4.78, 5) is 22.8. The molecule has 1 heterocycles. The monoisotopic (exact) mass is 340 g/mol. The molecule has 3 rings (SSSR count). The van der Waals surface area contributed by atoms with Crippen LogP contribution in [-0.4, -0.2) is 5.97 Å². The highest BCUT2D eigenvalue weighted by Crippen LogP contribution is 2.27. The normalized spacial score (nSPS) is 10.8.